The molecule has 8 heteroatoms. The zero-order valence-electron chi connectivity index (χ0n) is 13.1. The van der Waals surface area contributed by atoms with Gasteiger partial charge in [0.15, 0.2) is 0 Å². The van der Waals surface area contributed by atoms with E-state index in [4.69, 9.17) is 5.73 Å². The van der Waals surface area contributed by atoms with Crippen molar-refractivity contribution >= 4 is 21.8 Å². The summed E-state index contributed by atoms with van der Waals surface area (Å²) >= 11 is 1.75. The monoisotopic (exact) mass is 332 g/mol. The van der Waals surface area contributed by atoms with Crippen molar-refractivity contribution in [2.75, 3.05) is 25.9 Å². The van der Waals surface area contributed by atoms with Gasteiger partial charge in [-0.25, -0.2) is 8.42 Å². The minimum atomic E-state index is -3.47. The van der Waals surface area contributed by atoms with Gasteiger partial charge in [0.05, 0.1) is 11.4 Å². The Bertz CT molecular complexity index is 610. The molecular formula is C13H24N4O2S2. The molecule has 0 aromatic carbocycles. The smallest absolute Gasteiger partial charge is 0.246 e. The van der Waals surface area contributed by atoms with Crippen LogP contribution in [0.5, 0.6) is 0 Å². The highest BCUT2D eigenvalue weighted by Gasteiger charge is 2.38. The summed E-state index contributed by atoms with van der Waals surface area (Å²) in [6, 6.07) is 0. The van der Waals surface area contributed by atoms with Crippen LogP contribution < -0.4 is 5.73 Å². The maximum Gasteiger partial charge on any atom is 0.246 e. The molecule has 0 saturated carbocycles. The standard InChI is InChI=1S/C13H24N4O2S2/c1-10-12(11(2)16(3)15-10)21(18,19)17-7-5-13(9-14,20-4)6-8-17/h5-9,14H2,1-4H3. The second-order valence-electron chi connectivity index (χ2n) is 5.62. The summed E-state index contributed by atoms with van der Waals surface area (Å²) in [5.74, 6) is 0. The molecular weight excluding hydrogens is 308 g/mol. The third kappa shape index (κ3) is 2.86. The normalized spacial score (nSPS) is 19.9. The number of hydrogen-bond acceptors (Lipinski definition) is 5. The maximum absolute atomic E-state index is 12.9. The van der Waals surface area contributed by atoms with Crippen molar-refractivity contribution in [1.82, 2.24) is 14.1 Å². The third-order valence-corrected chi connectivity index (χ3v) is 8.07. The van der Waals surface area contributed by atoms with Crippen LogP contribution in [0.4, 0.5) is 0 Å². The van der Waals surface area contributed by atoms with E-state index in [1.807, 2.05) is 6.26 Å². The Balaban J connectivity index is 2.27. The van der Waals surface area contributed by atoms with E-state index in [1.54, 1.807) is 41.6 Å². The van der Waals surface area contributed by atoms with E-state index in [0.717, 1.165) is 12.8 Å². The number of nitrogens with two attached hydrogens (primary N) is 1. The van der Waals surface area contributed by atoms with Gasteiger partial charge in [-0.05, 0) is 32.9 Å². The molecule has 2 N–H and O–H groups in total. The lowest BCUT2D eigenvalue weighted by atomic mass is 9.97. The molecule has 1 saturated heterocycles. The van der Waals surface area contributed by atoms with Gasteiger partial charge in [-0.15, -0.1) is 0 Å². The lowest BCUT2D eigenvalue weighted by molar-refractivity contribution is 0.301. The van der Waals surface area contributed by atoms with E-state index in [0.29, 0.717) is 35.9 Å². The highest BCUT2D eigenvalue weighted by molar-refractivity contribution is 8.00. The summed E-state index contributed by atoms with van der Waals surface area (Å²) in [5, 5.41) is 4.22. The van der Waals surface area contributed by atoms with Crippen molar-refractivity contribution in [3.63, 3.8) is 0 Å². The van der Waals surface area contributed by atoms with Crippen molar-refractivity contribution in [2.45, 2.75) is 36.3 Å². The van der Waals surface area contributed by atoms with E-state index in [2.05, 4.69) is 5.10 Å². The van der Waals surface area contributed by atoms with Crippen molar-refractivity contribution in [3.05, 3.63) is 11.4 Å². The van der Waals surface area contributed by atoms with Crippen molar-refractivity contribution in [3.8, 4) is 0 Å². The minimum absolute atomic E-state index is 0.0189. The molecule has 1 aromatic rings. The number of rotatable bonds is 4. The number of piperidine rings is 1. The molecule has 1 aliphatic heterocycles. The summed E-state index contributed by atoms with van der Waals surface area (Å²) < 4.78 is 28.9. The second-order valence-corrected chi connectivity index (χ2v) is 8.77. The predicted octanol–water partition coefficient (Wildman–Crippen LogP) is 0.882. The van der Waals surface area contributed by atoms with Gasteiger partial charge < -0.3 is 5.73 Å². The first-order valence-corrected chi connectivity index (χ1v) is 9.69. The van der Waals surface area contributed by atoms with Crippen molar-refractivity contribution < 1.29 is 8.42 Å². The molecule has 120 valence electrons. The number of aromatic nitrogens is 2. The highest BCUT2D eigenvalue weighted by atomic mass is 32.2. The van der Waals surface area contributed by atoms with Crippen LogP contribution in [0.15, 0.2) is 4.90 Å². The fourth-order valence-electron chi connectivity index (χ4n) is 2.88. The number of sulfonamides is 1. The van der Waals surface area contributed by atoms with Crippen molar-refractivity contribution in [1.29, 1.82) is 0 Å². The molecule has 0 bridgehead atoms. The average Bonchev–Trinajstić information content (AvgIpc) is 2.72. The Hall–Kier alpha value is -0.570. The van der Waals surface area contributed by atoms with Crippen LogP contribution in [0.1, 0.15) is 24.2 Å². The van der Waals surface area contributed by atoms with Gasteiger partial charge in [-0.2, -0.15) is 21.2 Å². The Morgan fingerprint density at radius 1 is 1.33 bits per heavy atom. The summed E-state index contributed by atoms with van der Waals surface area (Å²) in [5.41, 5.74) is 7.12. The number of hydrogen-bond donors (Lipinski definition) is 1. The lowest BCUT2D eigenvalue weighted by Gasteiger charge is -2.39. The van der Waals surface area contributed by atoms with Gasteiger partial charge in [0.1, 0.15) is 4.90 Å². The Morgan fingerprint density at radius 3 is 2.29 bits per heavy atom. The van der Waals surface area contributed by atoms with Gasteiger partial charge in [0, 0.05) is 31.4 Å². The zero-order valence-corrected chi connectivity index (χ0v) is 14.7. The lowest BCUT2D eigenvalue weighted by Crippen LogP contribution is -2.48. The van der Waals surface area contributed by atoms with Gasteiger partial charge in [-0.3, -0.25) is 4.68 Å². The van der Waals surface area contributed by atoms with E-state index < -0.39 is 10.0 Å². The fourth-order valence-corrected chi connectivity index (χ4v) is 5.48. The van der Waals surface area contributed by atoms with Crippen LogP contribution in [0.25, 0.3) is 0 Å². The Morgan fingerprint density at radius 2 is 1.90 bits per heavy atom. The van der Waals surface area contributed by atoms with Gasteiger partial charge in [0.25, 0.3) is 0 Å². The zero-order chi connectivity index (χ0) is 15.8. The molecule has 0 atom stereocenters. The van der Waals surface area contributed by atoms with E-state index >= 15 is 0 Å². The van der Waals surface area contributed by atoms with Crippen LogP contribution in [-0.4, -0.2) is 53.1 Å². The van der Waals surface area contributed by atoms with Crippen LogP contribution in [0.3, 0.4) is 0 Å². The highest BCUT2D eigenvalue weighted by Crippen LogP contribution is 2.36. The van der Waals surface area contributed by atoms with E-state index in [9.17, 15) is 8.42 Å². The van der Waals surface area contributed by atoms with E-state index in [1.165, 1.54) is 0 Å². The summed E-state index contributed by atoms with van der Waals surface area (Å²) in [7, 11) is -1.70. The van der Waals surface area contributed by atoms with E-state index in [-0.39, 0.29) is 4.75 Å². The quantitative estimate of drug-likeness (QED) is 0.885. The van der Waals surface area contributed by atoms with Gasteiger partial charge >= 0.3 is 0 Å². The number of aryl methyl sites for hydroxylation is 2. The number of nitrogens with zero attached hydrogens (tertiary/aromatic N) is 3. The molecule has 0 spiro atoms. The maximum atomic E-state index is 12.9. The molecule has 0 amide bonds. The predicted molar refractivity (Wildman–Crippen MR) is 86.0 cm³/mol. The second kappa shape index (κ2) is 5.91. The molecule has 0 aliphatic carbocycles. The molecule has 2 heterocycles. The Kier molecular flexibility index (Phi) is 4.72. The largest absolute Gasteiger partial charge is 0.329 e. The summed E-state index contributed by atoms with van der Waals surface area (Å²) in [6.07, 6.45) is 3.64. The molecule has 21 heavy (non-hydrogen) atoms. The minimum Gasteiger partial charge on any atom is -0.329 e. The van der Waals surface area contributed by atoms with Crippen LogP contribution in [0.2, 0.25) is 0 Å². The summed E-state index contributed by atoms with van der Waals surface area (Å²) in [6.45, 7) is 5.17. The number of thioether (sulfide) groups is 1. The first-order valence-electron chi connectivity index (χ1n) is 7.03. The topological polar surface area (TPSA) is 81.2 Å². The van der Waals surface area contributed by atoms with Gasteiger partial charge in [-0.1, -0.05) is 0 Å². The Labute approximate surface area is 131 Å². The fraction of sp³-hybridized carbons (Fsp3) is 0.769. The van der Waals surface area contributed by atoms with Crippen LogP contribution in [0, 0.1) is 13.8 Å². The van der Waals surface area contributed by atoms with Crippen LogP contribution in [-0.2, 0) is 17.1 Å². The molecule has 1 fully saturated rings. The molecule has 6 nitrogen and oxygen atoms in total. The first-order chi connectivity index (χ1) is 9.77. The average molecular weight is 332 g/mol. The van der Waals surface area contributed by atoms with Gasteiger partial charge in [0.2, 0.25) is 10.0 Å². The molecule has 1 aromatic heterocycles. The van der Waals surface area contributed by atoms with Crippen molar-refractivity contribution in [2.24, 2.45) is 12.8 Å². The third-order valence-electron chi connectivity index (χ3n) is 4.48. The van der Waals surface area contributed by atoms with Crippen LogP contribution >= 0.6 is 11.8 Å². The molecule has 0 unspecified atom stereocenters. The molecule has 0 radical (unpaired) electrons. The first kappa shape index (κ1) is 16.8. The molecule has 2 rings (SSSR count). The SMILES string of the molecule is CSC1(CN)CCN(S(=O)(=O)c2c(C)nn(C)c2C)CC1. The molecule has 1 aliphatic rings. The summed E-state index contributed by atoms with van der Waals surface area (Å²) in [4.78, 5) is 0.356.